The molecule has 0 spiro atoms. The maximum atomic E-state index is 13.4. The van der Waals surface area contributed by atoms with Crippen LogP contribution in [0.1, 0.15) is 36.8 Å². The molecular weight excluding hydrogens is 454 g/mol. The number of pyridine rings is 1. The van der Waals surface area contributed by atoms with Gasteiger partial charge in [-0.05, 0) is 35.2 Å². The van der Waals surface area contributed by atoms with Gasteiger partial charge in [0.05, 0.1) is 30.7 Å². The third-order valence-electron chi connectivity index (χ3n) is 5.30. The lowest BCUT2D eigenvalue weighted by molar-refractivity contribution is 0.0977. The van der Waals surface area contributed by atoms with Crippen molar-refractivity contribution in [2.75, 3.05) is 12.8 Å². The molecule has 10 heteroatoms. The fourth-order valence-electron chi connectivity index (χ4n) is 3.49. The molecule has 3 N–H and O–H groups in total. The number of fused-ring (bicyclic) bond motifs is 1. The van der Waals surface area contributed by atoms with Crippen LogP contribution in [-0.4, -0.2) is 36.2 Å². The molecule has 4 rings (SSSR count). The molecule has 2 aromatic carbocycles. The van der Waals surface area contributed by atoms with E-state index < -0.39 is 21.3 Å². The molecule has 0 saturated heterocycles. The van der Waals surface area contributed by atoms with Crippen LogP contribution in [0, 0.1) is 0 Å². The maximum absolute atomic E-state index is 13.4. The van der Waals surface area contributed by atoms with Crippen LogP contribution in [0.5, 0.6) is 5.75 Å². The Bertz CT molecular complexity index is 1500. The molecule has 2 aromatic heterocycles. The quantitative estimate of drug-likeness (QED) is 0.449. The minimum absolute atomic E-state index is 0.0201. The Morgan fingerprint density at radius 2 is 1.85 bits per heavy atom. The molecule has 34 heavy (non-hydrogen) atoms. The Morgan fingerprint density at radius 1 is 1.12 bits per heavy atom. The lowest BCUT2D eigenvalue weighted by Gasteiger charge is -2.23. The number of carbonyl (C=O) groups is 1. The molecule has 4 aromatic rings. The number of sulfonamides is 1. The van der Waals surface area contributed by atoms with Gasteiger partial charge in [0.25, 0.3) is 15.9 Å². The van der Waals surface area contributed by atoms with Crippen molar-refractivity contribution in [2.45, 2.75) is 31.1 Å². The van der Waals surface area contributed by atoms with Crippen molar-refractivity contribution in [1.29, 1.82) is 0 Å². The number of nitrogens with two attached hydrogens (primary N) is 1. The zero-order valence-corrected chi connectivity index (χ0v) is 20.1. The fraction of sp³-hybridized carbons (Fsp3) is 0.208. The van der Waals surface area contributed by atoms with Gasteiger partial charge in [-0.25, -0.2) is 22.8 Å². The first-order valence-corrected chi connectivity index (χ1v) is 11.9. The van der Waals surface area contributed by atoms with Gasteiger partial charge in [-0.2, -0.15) is 5.10 Å². The number of nitrogens with zero attached hydrogens (tertiary/aromatic N) is 3. The topological polar surface area (TPSA) is 129 Å². The predicted octanol–water partition coefficient (Wildman–Crippen LogP) is 3.43. The molecule has 0 atom stereocenters. The molecule has 9 nitrogen and oxygen atoms in total. The third kappa shape index (κ3) is 4.44. The van der Waals surface area contributed by atoms with E-state index >= 15 is 0 Å². The highest BCUT2D eigenvalue weighted by Gasteiger charge is 2.29. The van der Waals surface area contributed by atoms with Gasteiger partial charge in [0.1, 0.15) is 16.3 Å². The molecule has 0 fully saturated rings. The number of nitrogen functional groups attached to an aromatic ring is 1. The van der Waals surface area contributed by atoms with Crippen molar-refractivity contribution < 1.29 is 17.9 Å². The van der Waals surface area contributed by atoms with Gasteiger partial charge in [-0.3, -0.25) is 4.79 Å². The number of nitrogens with one attached hydrogen (secondary N) is 1. The number of ether oxygens (including phenoxy) is 1. The van der Waals surface area contributed by atoms with Gasteiger partial charge in [-0.15, -0.1) is 0 Å². The van der Waals surface area contributed by atoms with E-state index in [4.69, 9.17) is 10.5 Å². The molecule has 1 amide bonds. The van der Waals surface area contributed by atoms with Crippen molar-refractivity contribution in [1.82, 2.24) is 19.5 Å². The van der Waals surface area contributed by atoms with Crippen LogP contribution in [0.25, 0.3) is 16.6 Å². The monoisotopic (exact) mass is 479 g/mol. The van der Waals surface area contributed by atoms with Crippen molar-refractivity contribution in [3.05, 3.63) is 72.2 Å². The SMILES string of the molecule is COc1c(-n2cc(N)cn2)cc(C(C)(C)C)cc1S(=O)(=O)NC(=O)c1ccc2ccccc2n1. The standard InChI is InChI=1S/C24H25N5O4S/c1-24(2,3)16-11-20(29-14-17(25)13-26-29)22(33-4)21(12-16)34(31,32)28-23(30)19-10-9-15-7-5-6-8-18(15)27-19/h5-14H,25H2,1-4H3,(H,28,30). The number of hydrogen-bond donors (Lipinski definition) is 2. The summed E-state index contributed by atoms with van der Waals surface area (Å²) in [6.07, 6.45) is 3.00. The Kier molecular flexibility index (Phi) is 5.78. The van der Waals surface area contributed by atoms with E-state index in [-0.39, 0.29) is 16.3 Å². The van der Waals surface area contributed by atoms with Crippen molar-refractivity contribution in [3.63, 3.8) is 0 Å². The lowest BCUT2D eigenvalue weighted by Crippen LogP contribution is -2.32. The molecular formula is C24H25N5O4S. The Hall–Kier alpha value is -3.92. The summed E-state index contributed by atoms with van der Waals surface area (Å²) < 4.78 is 35.9. The normalized spacial score (nSPS) is 12.0. The van der Waals surface area contributed by atoms with Crippen molar-refractivity contribution >= 4 is 32.5 Å². The van der Waals surface area contributed by atoms with Crippen LogP contribution < -0.4 is 15.2 Å². The number of carbonyl (C=O) groups excluding carboxylic acids is 1. The van der Waals surface area contributed by atoms with Gasteiger partial charge in [0.15, 0.2) is 5.75 Å². The number of aromatic nitrogens is 3. The van der Waals surface area contributed by atoms with Gasteiger partial charge in [-0.1, -0.05) is 45.0 Å². The summed E-state index contributed by atoms with van der Waals surface area (Å²) in [6.45, 7) is 5.85. The summed E-state index contributed by atoms with van der Waals surface area (Å²) in [5.74, 6) is -0.818. The second kappa shape index (κ2) is 8.45. The number of benzene rings is 2. The van der Waals surface area contributed by atoms with Crippen LogP contribution in [0.4, 0.5) is 5.69 Å². The zero-order valence-electron chi connectivity index (χ0n) is 19.2. The summed E-state index contributed by atoms with van der Waals surface area (Å²) in [7, 11) is -2.99. The second-order valence-electron chi connectivity index (χ2n) is 8.82. The highest BCUT2D eigenvalue weighted by atomic mass is 32.2. The number of rotatable bonds is 5. The third-order valence-corrected chi connectivity index (χ3v) is 6.64. The van der Waals surface area contributed by atoms with Crippen LogP contribution >= 0.6 is 0 Å². The first kappa shape index (κ1) is 23.2. The number of hydrogen-bond acceptors (Lipinski definition) is 7. The average molecular weight is 480 g/mol. The minimum Gasteiger partial charge on any atom is -0.493 e. The Morgan fingerprint density at radius 3 is 2.50 bits per heavy atom. The van der Waals surface area contributed by atoms with E-state index in [2.05, 4.69) is 14.8 Å². The molecule has 0 saturated carbocycles. The van der Waals surface area contributed by atoms with E-state index in [1.54, 1.807) is 30.5 Å². The molecule has 0 aliphatic heterocycles. The predicted molar refractivity (Wildman–Crippen MR) is 130 cm³/mol. The number of anilines is 1. The first-order valence-electron chi connectivity index (χ1n) is 10.5. The number of methoxy groups -OCH3 is 1. The van der Waals surface area contributed by atoms with Gasteiger partial charge in [0.2, 0.25) is 0 Å². The van der Waals surface area contributed by atoms with E-state index in [0.717, 1.165) is 5.39 Å². The van der Waals surface area contributed by atoms with Gasteiger partial charge in [0, 0.05) is 5.39 Å². The van der Waals surface area contributed by atoms with Crippen LogP contribution in [0.15, 0.2) is 65.8 Å². The molecule has 176 valence electrons. The molecule has 0 radical (unpaired) electrons. The Labute approximate surface area is 197 Å². The fourth-order valence-corrected chi connectivity index (χ4v) is 4.66. The largest absolute Gasteiger partial charge is 0.493 e. The molecule has 2 heterocycles. The maximum Gasteiger partial charge on any atom is 0.283 e. The Balaban J connectivity index is 1.81. The minimum atomic E-state index is -4.35. The van der Waals surface area contributed by atoms with Crippen molar-refractivity contribution in [3.8, 4) is 11.4 Å². The molecule has 0 aliphatic rings. The number of para-hydroxylation sites is 1. The number of amides is 1. The summed E-state index contributed by atoms with van der Waals surface area (Å²) >= 11 is 0. The van der Waals surface area contributed by atoms with Crippen molar-refractivity contribution in [2.24, 2.45) is 0 Å². The van der Waals surface area contributed by atoms with Gasteiger partial charge < -0.3 is 10.5 Å². The molecule has 0 bridgehead atoms. The van der Waals surface area contributed by atoms with Crippen LogP contribution in [0.2, 0.25) is 0 Å². The smallest absolute Gasteiger partial charge is 0.283 e. The van der Waals surface area contributed by atoms with E-state index in [9.17, 15) is 13.2 Å². The summed E-state index contributed by atoms with van der Waals surface area (Å²) in [6, 6.07) is 13.7. The van der Waals surface area contributed by atoms with Crippen LogP contribution in [0.3, 0.4) is 0 Å². The summed E-state index contributed by atoms with van der Waals surface area (Å²) in [5, 5.41) is 5.04. The van der Waals surface area contributed by atoms with E-state index in [0.29, 0.717) is 22.5 Å². The highest BCUT2D eigenvalue weighted by Crippen LogP contribution is 2.36. The van der Waals surface area contributed by atoms with E-state index in [1.807, 2.05) is 32.9 Å². The van der Waals surface area contributed by atoms with Crippen LogP contribution in [-0.2, 0) is 15.4 Å². The highest BCUT2D eigenvalue weighted by molar-refractivity contribution is 7.90. The molecule has 0 unspecified atom stereocenters. The lowest BCUT2D eigenvalue weighted by atomic mass is 9.86. The first-order chi connectivity index (χ1) is 16.0. The summed E-state index contributed by atoms with van der Waals surface area (Å²) in [4.78, 5) is 17.0. The second-order valence-corrected chi connectivity index (χ2v) is 10.5. The zero-order chi connectivity index (χ0) is 24.7. The van der Waals surface area contributed by atoms with E-state index in [1.165, 1.54) is 30.1 Å². The summed E-state index contributed by atoms with van der Waals surface area (Å²) in [5.41, 5.74) is 7.46. The molecule has 0 aliphatic carbocycles. The van der Waals surface area contributed by atoms with Gasteiger partial charge >= 0.3 is 0 Å². The average Bonchev–Trinajstić information content (AvgIpc) is 3.23.